The Kier molecular flexibility index (Phi) is 4.35. The van der Waals surface area contributed by atoms with Gasteiger partial charge in [-0.3, -0.25) is 4.79 Å². The minimum Gasteiger partial charge on any atom is -0.295 e. The van der Waals surface area contributed by atoms with Crippen molar-refractivity contribution in [1.29, 1.82) is 0 Å². The van der Waals surface area contributed by atoms with E-state index in [4.69, 9.17) is 0 Å². The van der Waals surface area contributed by atoms with E-state index in [1.165, 1.54) is 10.4 Å². The molecule has 102 valence electrons. The molecule has 0 saturated carbocycles. The molecule has 0 spiro atoms. The second-order valence-electron chi connectivity index (χ2n) is 5.53. The third-order valence-electron chi connectivity index (χ3n) is 3.60. The van der Waals surface area contributed by atoms with Crippen LogP contribution in [0.15, 0.2) is 66.7 Å². The summed E-state index contributed by atoms with van der Waals surface area (Å²) in [7, 11) is -1.87. The summed E-state index contributed by atoms with van der Waals surface area (Å²) in [6.45, 7) is 6.21. The molecule has 2 heteroatoms. The molecular weight excluding hydrogens is 260 g/mol. The van der Waals surface area contributed by atoms with Crippen LogP contribution in [0.3, 0.4) is 0 Å². The minimum absolute atomic E-state index is 0.111. The fourth-order valence-corrected chi connectivity index (χ4v) is 5.25. The predicted molar refractivity (Wildman–Crippen MR) is 88.7 cm³/mol. The molecule has 0 atom stereocenters. The molecule has 2 rings (SSSR count). The Morgan fingerprint density at radius 1 is 0.900 bits per heavy atom. The van der Waals surface area contributed by atoms with Gasteiger partial charge < -0.3 is 0 Å². The Morgan fingerprint density at radius 3 is 1.90 bits per heavy atom. The standard InChI is InChI=1S/C18H20OSi/c1-15(19)14-18(16-10-6-4-7-11-16)20(2,3)17-12-8-5-9-13-17/h4-14H,1-3H3/b18-14-. The van der Waals surface area contributed by atoms with Crippen LogP contribution in [0.2, 0.25) is 13.1 Å². The zero-order valence-electron chi connectivity index (χ0n) is 12.3. The zero-order valence-corrected chi connectivity index (χ0v) is 13.3. The number of ketones is 1. The average molecular weight is 280 g/mol. The van der Waals surface area contributed by atoms with Crippen molar-refractivity contribution in [3.8, 4) is 0 Å². The second-order valence-corrected chi connectivity index (χ2v) is 9.89. The van der Waals surface area contributed by atoms with Gasteiger partial charge in [-0.15, -0.1) is 0 Å². The van der Waals surface area contributed by atoms with Crippen LogP contribution in [-0.2, 0) is 4.79 Å². The summed E-state index contributed by atoms with van der Waals surface area (Å²) in [5.41, 5.74) is 1.16. The maximum absolute atomic E-state index is 11.7. The van der Waals surface area contributed by atoms with Gasteiger partial charge >= 0.3 is 0 Å². The molecule has 2 aromatic rings. The number of benzene rings is 2. The SMILES string of the molecule is CC(=O)/C=C(/c1ccccc1)[Si](C)(C)c1ccccc1. The number of allylic oxidation sites excluding steroid dienone is 1. The van der Waals surface area contributed by atoms with E-state index in [0.29, 0.717) is 0 Å². The highest BCUT2D eigenvalue weighted by Crippen LogP contribution is 2.25. The van der Waals surface area contributed by atoms with Crippen molar-refractivity contribution in [1.82, 2.24) is 0 Å². The highest BCUT2D eigenvalue weighted by Gasteiger charge is 2.29. The van der Waals surface area contributed by atoms with E-state index in [0.717, 1.165) is 5.56 Å². The van der Waals surface area contributed by atoms with Crippen LogP contribution in [-0.4, -0.2) is 13.9 Å². The maximum atomic E-state index is 11.7. The van der Waals surface area contributed by atoms with Gasteiger partial charge in [0.05, 0.1) is 0 Å². The van der Waals surface area contributed by atoms with Crippen LogP contribution >= 0.6 is 0 Å². The minimum atomic E-state index is -1.87. The van der Waals surface area contributed by atoms with E-state index in [2.05, 4.69) is 49.5 Å². The average Bonchev–Trinajstić information content (AvgIpc) is 2.46. The summed E-state index contributed by atoms with van der Waals surface area (Å²) in [6.07, 6.45) is 1.81. The summed E-state index contributed by atoms with van der Waals surface area (Å²) < 4.78 is 0. The Hall–Kier alpha value is -1.93. The van der Waals surface area contributed by atoms with Gasteiger partial charge in [-0.05, 0) is 23.8 Å². The molecule has 0 aliphatic heterocycles. The number of hydrogen-bond donors (Lipinski definition) is 0. The zero-order chi connectivity index (χ0) is 14.6. The van der Waals surface area contributed by atoms with E-state index >= 15 is 0 Å². The van der Waals surface area contributed by atoms with Crippen molar-refractivity contribution in [2.45, 2.75) is 20.0 Å². The molecule has 0 N–H and O–H groups in total. The summed E-state index contributed by atoms with van der Waals surface area (Å²) in [4.78, 5) is 11.7. The molecule has 0 bridgehead atoms. The van der Waals surface area contributed by atoms with Gasteiger partial charge in [-0.1, -0.05) is 78.9 Å². The monoisotopic (exact) mass is 280 g/mol. The first-order valence-corrected chi connectivity index (χ1v) is 9.85. The Morgan fingerprint density at radius 2 is 1.40 bits per heavy atom. The molecule has 0 fully saturated rings. The molecule has 0 aromatic heterocycles. The van der Waals surface area contributed by atoms with E-state index in [9.17, 15) is 4.79 Å². The third-order valence-corrected chi connectivity index (χ3v) is 7.16. The highest BCUT2D eigenvalue weighted by molar-refractivity contribution is 7.04. The van der Waals surface area contributed by atoms with Gasteiger partial charge in [0.1, 0.15) is 8.07 Å². The van der Waals surface area contributed by atoms with E-state index in [-0.39, 0.29) is 5.78 Å². The number of rotatable bonds is 4. The van der Waals surface area contributed by atoms with Crippen LogP contribution < -0.4 is 5.19 Å². The maximum Gasteiger partial charge on any atom is 0.152 e. The molecule has 20 heavy (non-hydrogen) atoms. The largest absolute Gasteiger partial charge is 0.295 e. The second kappa shape index (κ2) is 6.01. The molecule has 1 nitrogen and oxygen atoms in total. The van der Waals surface area contributed by atoms with E-state index in [1.54, 1.807) is 6.92 Å². The highest BCUT2D eigenvalue weighted by atomic mass is 28.3. The lowest BCUT2D eigenvalue weighted by Crippen LogP contribution is -2.43. The molecule has 0 aliphatic rings. The van der Waals surface area contributed by atoms with Gasteiger partial charge in [0.15, 0.2) is 5.78 Å². The van der Waals surface area contributed by atoms with Crippen LogP contribution in [0, 0.1) is 0 Å². The van der Waals surface area contributed by atoms with Gasteiger partial charge in [0.2, 0.25) is 0 Å². The first kappa shape index (κ1) is 14.5. The normalized spacial score (nSPS) is 12.2. The lowest BCUT2D eigenvalue weighted by molar-refractivity contribution is -0.112. The fourth-order valence-electron chi connectivity index (χ4n) is 2.46. The van der Waals surface area contributed by atoms with Crippen molar-refractivity contribution >= 4 is 24.2 Å². The van der Waals surface area contributed by atoms with E-state index < -0.39 is 8.07 Å². The van der Waals surface area contributed by atoms with Gasteiger partial charge in [0, 0.05) is 0 Å². The number of carbonyl (C=O) groups is 1. The third kappa shape index (κ3) is 3.14. The predicted octanol–water partition coefficient (Wildman–Crippen LogP) is 3.81. The van der Waals surface area contributed by atoms with Gasteiger partial charge in [-0.2, -0.15) is 0 Å². The lowest BCUT2D eigenvalue weighted by Gasteiger charge is -2.27. The fraction of sp³-hybridized carbons (Fsp3) is 0.167. The van der Waals surface area contributed by atoms with Crippen molar-refractivity contribution in [2.24, 2.45) is 0 Å². The van der Waals surface area contributed by atoms with E-state index in [1.807, 2.05) is 30.3 Å². The van der Waals surface area contributed by atoms with Gasteiger partial charge in [0.25, 0.3) is 0 Å². The molecule has 0 heterocycles. The van der Waals surface area contributed by atoms with Crippen molar-refractivity contribution < 1.29 is 4.79 Å². The van der Waals surface area contributed by atoms with Crippen LogP contribution in [0.1, 0.15) is 12.5 Å². The topological polar surface area (TPSA) is 17.1 Å². The van der Waals surface area contributed by atoms with Crippen LogP contribution in [0.4, 0.5) is 0 Å². The summed E-state index contributed by atoms with van der Waals surface area (Å²) in [5.74, 6) is 0.111. The van der Waals surface area contributed by atoms with Crippen molar-refractivity contribution in [3.63, 3.8) is 0 Å². The van der Waals surface area contributed by atoms with Crippen LogP contribution in [0.5, 0.6) is 0 Å². The van der Waals surface area contributed by atoms with Gasteiger partial charge in [-0.25, -0.2) is 0 Å². The first-order valence-electron chi connectivity index (χ1n) is 6.85. The first-order chi connectivity index (χ1) is 9.51. The summed E-state index contributed by atoms with van der Waals surface area (Å²) >= 11 is 0. The smallest absolute Gasteiger partial charge is 0.152 e. The van der Waals surface area contributed by atoms with Crippen LogP contribution in [0.25, 0.3) is 5.20 Å². The van der Waals surface area contributed by atoms with Crippen molar-refractivity contribution in [3.05, 3.63) is 72.3 Å². The molecule has 0 amide bonds. The molecule has 0 radical (unpaired) electrons. The quantitative estimate of drug-likeness (QED) is 0.615. The summed E-state index contributed by atoms with van der Waals surface area (Å²) in [5, 5.41) is 2.54. The molecule has 0 saturated heterocycles. The Balaban J connectivity index is 2.56. The number of carbonyl (C=O) groups excluding carboxylic acids is 1. The molecule has 0 unspecified atom stereocenters. The molecule has 2 aromatic carbocycles. The summed E-state index contributed by atoms with van der Waals surface area (Å²) in [6, 6.07) is 20.8. The van der Waals surface area contributed by atoms with Crippen molar-refractivity contribution in [2.75, 3.05) is 0 Å². The number of hydrogen-bond acceptors (Lipinski definition) is 1. The Labute approximate surface area is 122 Å². The Bertz CT molecular complexity index is 612. The lowest BCUT2D eigenvalue weighted by atomic mass is 10.2. The molecule has 0 aliphatic carbocycles. The molecular formula is C18H20OSi.